The number of carbonyl (C=O) groups excluding carboxylic acids is 3. The Labute approximate surface area is 180 Å². The fourth-order valence-electron chi connectivity index (χ4n) is 3.48. The van der Waals surface area contributed by atoms with Gasteiger partial charge in [-0.05, 0) is 25.3 Å². The highest BCUT2D eigenvalue weighted by molar-refractivity contribution is 7.99. The van der Waals surface area contributed by atoms with Crippen molar-refractivity contribution in [1.29, 1.82) is 0 Å². The van der Waals surface area contributed by atoms with Gasteiger partial charge in [-0.3, -0.25) is 10.1 Å². The van der Waals surface area contributed by atoms with E-state index in [0.29, 0.717) is 23.1 Å². The van der Waals surface area contributed by atoms with Gasteiger partial charge in [-0.2, -0.15) is 11.8 Å². The lowest BCUT2D eigenvalue weighted by Gasteiger charge is -2.20. The van der Waals surface area contributed by atoms with Crippen LogP contribution >= 0.6 is 11.8 Å². The van der Waals surface area contributed by atoms with E-state index in [2.05, 4.69) is 10.6 Å². The molecular weight excluding hydrogens is 404 g/mol. The van der Waals surface area contributed by atoms with E-state index in [1.807, 2.05) is 43.0 Å². The topological polar surface area (TPSA) is 97.6 Å². The van der Waals surface area contributed by atoms with Crippen LogP contribution in [-0.2, 0) is 15.3 Å². The van der Waals surface area contributed by atoms with Gasteiger partial charge >= 0.3 is 12.0 Å². The number of nitrogens with one attached hydrogen (secondary N) is 2. The molecule has 2 aromatic rings. The zero-order chi connectivity index (χ0) is 21.3. The van der Waals surface area contributed by atoms with Crippen molar-refractivity contribution >= 4 is 40.6 Å². The van der Waals surface area contributed by atoms with Crippen LogP contribution in [0.2, 0.25) is 0 Å². The molecule has 3 rings (SSSR count). The highest BCUT2D eigenvalue weighted by Crippen LogP contribution is 2.35. The molecule has 7 nitrogen and oxygen atoms in total. The molecule has 1 fully saturated rings. The molecule has 0 unspecified atom stereocenters. The maximum atomic E-state index is 12.6. The molecule has 1 aromatic heterocycles. The number of urea groups is 1. The minimum atomic E-state index is -0.699. The molecule has 1 aliphatic carbocycles. The van der Waals surface area contributed by atoms with Crippen LogP contribution in [0.5, 0.6) is 0 Å². The summed E-state index contributed by atoms with van der Waals surface area (Å²) in [4.78, 5) is 36.0. The van der Waals surface area contributed by atoms with E-state index in [1.165, 1.54) is 32.1 Å². The second kappa shape index (κ2) is 11.1. The van der Waals surface area contributed by atoms with Crippen molar-refractivity contribution in [3.63, 3.8) is 0 Å². The molecule has 2 N–H and O–H groups in total. The van der Waals surface area contributed by atoms with E-state index >= 15 is 0 Å². The Hall–Kier alpha value is -2.48. The van der Waals surface area contributed by atoms with Gasteiger partial charge in [-0.15, -0.1) is 0 Å². The number of hydrogen-bond acceptors (Lipinski definition) is 6. The number of thioether (sulfide) groups is 1. The maximum absolute atomic E-state index is 12.6. The molecule has 0 atom stereocenters. The lowest BCUT2D eigenvalue weighted by atomic mass is 10.0. The van der Waals surface area contributed by atoms with Crippen LogP contribution < -0.4 is 10.6 Å². The van der Waals surface area contributed by atoms with Crippen LogP contribution in [0.15, 0.2) is 28.7 Å². The van der Waals surface area contributed by atoms with Gasteiger partial charge in [0.2, 0.25) is 5.76 Å². The molecule has 3 amide bonds. The van der Waals surface area contributed by atoms with E-state index in [9.17, 15) is 14.4 Å². The van der Waals surface area contributed by atoms with Crippen molar-refractivity contribution < 1.29 is 23.5 Å². The van der Waals surface area contributed by atoms with Crippen molar-refractivity contribution in [3.8, 4) is 0 Å². The molecule has 1 aliphatic rings. The molecule has 0 saturated heterocycles. The van der Waals surface area contributed by atoms with Crippen molar-refractivity contribution in [1.82, 2.24) is 10.6 Å². The van der Waals surface area contributed by atoms with E-state index in [1.54, 1.807) is 0 Å². The molecule has 8 heteroatoms. The van der Waals surface area contributed by atoms with Crippen LogP contribution in [0.3, 0.4) is 0 Å². The molecule has 1 heterocycles. The second-order valence-electron chi connectivity index (χ2n) is 7.36. The number of carbonyl (C=O) groups is 3. The Morgan fingerprint density at radius 2 is 1.93 bits per heavy atom. The molecule has 162 valence electrons. The quantitative estimate of drug-likeness (QED) is 0.601. The lowest BCUT2D eigenvalue weighted by Crippen LogP contribution is -2.41. The molecule has 0 radical (unpaired) electrons. The smallest absolute Gasteiger partial charge is 0.375 e. The number of esters is 1. The number of hydrogen-bond donors (Lipinski definition) is 2. The average Bonchev–Trinajstić information content (AvgIpc) is 3.14. The van der Waals surface area contributed by atoms with E-state index in [-0.39, 0.29) is 5.76 Å². The first-order valence-corrected chi connectivity index (χ1v) is 11.5. The Morgan fingerprint density at radius 1 is 1.17 bits per heavy atom. The van der Waals surface area contributed by atoms with Crippen molar-refractivity contribution in [3.05, 3.63) is 35.6 Å². The Balaban J connectivity index is 1.64. The highest BCUT2D eigenvalue weighted by atomic mass is 32.2. The van der Waals surface area contributed by atoms with Gasteiger partial charge in [0.15, 0.2) is 6.61 Å². The van der Waals surface area contributed by atoms with Crippen LogP contribution in [0.1, 0.15) is 61.6 Å². The largest absolute Gasteiger partial charge is 0.450 e. The first kappa shape index (κ1) is 22.2. The Kier molecular flexibility index (Phi) is 8.19. The van der Waals surface area contributed by atoms with Crippen LogP contribution in [0.25, 0.3) is 11.0 Å². The summed E-state index contributed by atoms with van der Waals surface area (Å²) < 4.78 is 10.9. The minimum absolute atomic E-state index is 0.128. The van der Waals surface area contributed by atoms with Gasteiger partial charge in [0.1, 0.15) is 5.58 Å². The third kappa shape index (κ3) is 6.01. The monoisotopic (exact) mass is 432 g/mol. The number of imide groups is 1. The van der Waals surface area contributed by atoms with Gasteiger partial charge in [0.05, 0.1) is 0 Å². The van der Waals surface area contributed by atoms with Crippen LogP contribution in [0, 0.1) is 0 Å². The zero-order valence-corrected chi connectivity index (χ0v) is 18.0. The summed E-state index contributed by atoms with van der Waals surface area (Å²) in [7, 11) is 0. The summed E-state index contributed by atoms with van der Waals surface area (Å²) in [5, 5.41) is 6.13. The molecular formula is C22H28N2O5S. The number of amides is 3. The standard InChI is InChI=1S/C22H28N2O5S/c1-2-12-23-22(27)24-19(25)13-28-21(26)20-17(14-30-15-8-4-3-5-9-15)16-10-6-7-11-18(16)29-20/h6-7,10-11,15H,2-5,8-9,12-14H2,1H3,(H2,23,24,25,27). The molecule has 0 bridgehead atoms. The predicted octanol–water partition coefficient (Wildman–Crippen LogP) is 4.39. The normalized spacial score (nSPS) is 14.4. The fourth-order valence-corrected chi connectivity index (χ4v) is 4.84. The molecule has 1 saturated carbocycles. The van der Waals surface area contributed by atoms with Crippen LogP contribution in [0.4, 0.5) is 4.79 Å². The summed E-state index contributed by atoms with van der Waals surface area (Å²) in [6.45, 7) is 1.81. The Bertz CT molecular complexity index is 889. The third-order valence-electron chi connectivity index (χ3n) is 5.02. The summed E-state index contributed by atoms with van der Waals surface area (Å²) in [5.41, 5.74) is 1.42. The number of rotatable bonds is 8. The fraction of sp³-hybridized carbons (Fsp3) is 0.500. The summed E-state index contributed by atoms with van der Waals surface area (Å²) in [5.74, 6) is -0.610. The van der Waals surface area contributed by atoms with Gasteiger partial charge in [0, 0.05) is 28.5 Å². The number of para-hydroxylation sites is 1. The van der Waals surface area contributed by atoms with Crippen molar-refractivity contribution in [2.45, 2.75) is 56.5 Å². The van der Waals surface area contributed by atoms with E-state index in [0.717, 1.165) is 17.4 Å². The number of benzene rings is 1. The molecule has 1 aromatic carbocycles. The molecule has 30 heavy (non-hydrogen) atoms. The summed E-state index contributed by atoms with van der Waals surface area (Å²) in [6.07, 6.45) is 6.94. The van der Waals surface area contributed by atoms with E-state index in [4.69, 9.17) is 9.15 Å². The SMILES string of the molecule is CCCNC(=O)NC(=O)COC(=O)c1oc2ccccc2c1CSC1CCCCC1. The van der Waals surface area contributed by atoms with Gasteiger partial charge < -0.3 is 14.5 Å². The second-order valence-corrected chi connectivity index (χ2v) is 8.65. The number of ether oxygens (including phenoxy) is 1. The first-order chi connectivity index (χ1) is 14.6. The summed E-state index contributed by atoms with van der Waals surface area (Å²) >= 11 is 1.84. The Morgan fingerprint density at radius 3 is 2.70 bits per heavy atom. The first-order valence-electron chi connectivity index (χ1n) is 10.4. The number of furan rings is 1. The average molecular weight is 433 g/mol. The number of fused-ring (bicyclic) bond motifs is 1. The summed E-state index contributed by atoms with van der Waals surface area (Å²) in [6, 6.07) is 6.89. The molecule has 0 aliphatic heterocycles. The third-order valence-corrected chi connectivity index (χ3v) is 6.42. The minimum Gasteiger partial charge on any atom is -0.450 e. The van der Waals surface area contributed by atoms with Gasteiger partial charge in [-0.1, -0.05) is 44.4 Å². The maximum Gasteiger partial charge on any atom is 0.375 e. The van der Waals surface area contributed by atoms with Gasteiger partial charge in [-0.25, -0.2) is 9.59 Å². The van der Waals surface area contributed by atoms with Crippen molar-refractivity contribution in [2.75, 3.05) is 13.2 Å². The van der Waals surface area contributed by atoms with Crippen molar-refractivity contribution in [2.24, 2.45) is 0 Å². The highest BCUT2D eigenvalue weighted by Gasteiger charge is 2.24. The van der Waals surface area contributed by atoms with Gasteiger partial charge in [0.25, 0.3) is 5.91 Å². The lowest BCUT2D eigenvalue weighted by molar-refractivity contribution is -0.123. The predicted molar refractivity (Wildman–Crippen MR) is 116 cm³/mol. The van der Waals surface area contributed by atoms with Crippen LogP contribution in [-0.4, -0.2) is 36.3 Å². The molecule has 0 spiro atoms. The zero-order valence-electron chi connectivity index (χ0n) is 17.2. The van der Waals surface area contributed by atoms with E-state index < -0.39 is 24.5 Å².